The molecule has 2 unspecified atom stereocenters. The maximum Gasteiger partial charge on any atom is 0.419 e. The predicted molar refractivity (Wildman–Crippen MR) is 119 cm³/mol. The van der Waals surface area contributed by atoms with E-state index in [1.54, 1.807) is 30.3 Å². The lowest BCUT2D eigenvalue weighted by molar-refractivity contribution is -0.263. The van der Waals surface area contributed by atoms with Crippen LogP contribution in [0, 0.1) is 0 Å². The smallest absolute Gasteiger partial charge is 0.419 e. The van der Waals surface area contributed by atoms with Crippen molar-refractivity contribution in [1.29, 1.82) is 0 Å². The number of ketones is 1. The number of hydrogen-bond acceptors (Lipinski definition) is 4. The number of alkyl halides is 3. The monoisotopic (exact) mass is 521 g/mol. The Morgan fingerprint density at radius 2 is 1.55 bits per heavy atom. The Hall–Kier alpha value is -3.17. The van der Waals surface area contributed by atoms with E-state index in [2.05, 4.69) is 21.2 Å². The maximum atomic E-state index is 13.7. The number of rotatable bonds is 6. The lowest BCUT2D eigenvalue weighted by Crippen LogP contribution is -2.53. The van der Waals surface area contributed by atoms with Gasteiger partial charge in [-0.25, -0.2) is 0 Å². The molecule has 0 radical (unpaired) electrons. The van der Waals surface area contributed by atoms with E-state index in [0.29, 0.717) is 12.5 Å². The molecular weight excluding hydrogens is 503 g/mol. The Morgan fingerprint density at radius 3 is 2.12 bits per heavy atom. The molecule has 0 aliphatic rings. The zero-order chi connectivity index (χ0) is 24.4. The molecule has 0 bridgehead atoms. The third-order valence-corrected chi connectivity index (χ3v) is 5.86. The third-order valence-electron chi connectivity index (χ3n) is 5.17. The normalized spacial score (nSPS) is 14.2. The van der Waals surface area contributed by atoms with Crippen LogP contribution in [-0.4, -0.2) is 33.7 Å². The van der Waals surface area contributed by atoms with Gasteiger partial charge in [-0.05, 0) is 30.7 Å². The molecule has 0 saturated heterocycles. The average molecular weight is 522 g/mol. The second-order valence-corrected chi connectivity index (χ2v) is 8.35. The topological polar surface area (TPSA) is 86.6 Å². The molecule has 3 aromatic rings. The molecule has 33 heavy (non-hydrogen) atoms. The molecule has 1 amide bonds. The lowest BCUT2D eigenvalue weighted by atomic mass is 9.88. The first-order valence-electron chi connectivity index (χ1n) is 9.70. The molecule has 3 rings (SSSR count). The molecular formula is C24H19BrF3NO4. The van der Waals surface area contributed by atoms with Crippen molar-refractivity contribution in [3.05, 3.63) is 99.5 Å². The van der Waals surface area contributed by atoms with Crippen molar-refractivity contribution in [2.75, 3.05) is 0 Å². The van der Waals surface area contributed by atoms with Crippen molar-refractivity contribution in [3.63, 3.8) is 0 Å². The highest BCUT2D eigenvalue weighted by Crippen LogP contribution is 2.42. The summed E-state index contributed by atoms with van der Waals surface area (Å²) in [5, 5.41) is 22.5. The van der Waals surface area contributed by atoms with Crippen molar-refractivity contribution >= 4 is 27.6 Å². The van der Waals surface area contributed by atoms with Crippen molar-refractivity contribution in [2.24, 2.45) is 0 Å². The lowest BCUT2D eigenvalue weighted by Gasteiger charge is -2.36. The number of carbonyl (C=O) groups is 2. The second kappa shape index (κ2) is 9.36. The molecule has 0 aliphatic heterocycles. The molecule has 0 saturated carbocycles. The van der Waals surface area contributed by atoms with E-state index < -0.39 is 29.5 Å². The molecule has 9 heteroatoms. The standard InChI is InChI=1S/C24H19BrF3NO4/c1-23(33,24(26,27)28)21(29-22(32)17-9-5-6-10-19(17)30)16-12-11-15(13-18(16)25)20(31)14-7-3-2-4-8-14/h2-13,21,30,33H,1H3,(H,29,32). The molecule has 0 fully saturated rings. The van der Waals surface area contributed by atoms with Crippen LogP contribution in [0.4, 0.5) is 13.2 Å². The molecule has 0 aromatic heterocycles. The van der Waals surface area contributed by atoms with Crippen LogP contribution in [0.25, 0.3) is 0 Å². The molecule has 2 atom stereocenters. The molecule has 5 nitrogen and oxygen atoms in total. The van der Waals surface area contributed by atoms with Crippen LogP contribution in [0.3, 0.4) is 0 Å². The Bertz CT molecular complexity index is 1180. The molecule has 0 heterocycles. The van der Waals surface area contributed by atoms with Gasteiger partial charge < -0.3 is 15.5 Å². The van der Waals surface area contributed by atoms with E-state index in [9.17, 15) is 33.0 Å². The van der Waals surface area contributed by atoms with E-state index in [0.717, 1.165) is 0 Å². The van der Waals surface area contributed by atoms with Gasteiger partial charge in [0.2, 0.25) is 0 Å². The maximum absolute atomic E-state index is 13.7. The van der Waals surface area contributed by atoms with Crippen LogP contribution in [0.5, 0.6) is 5.75 Å². The average Bonchev–Trinajstić information content (AvgIpc) is 2.77. The number of para-hydroxylation sites is 1. The summed E-state index contributed by atoms with van der Waals surface area (Å²) in [4.78, 5) is 25.4. The zero-order valence-electron chi connectivity index (χ0n) is 17.2. The van der Waals surface area contributed by atoms with Gasteiger partial charge in [-0.2, -0.15) is 13.2 Å². The summed E-state index contributed by atoms with van der Waals surface area (Å²) < 4.78 is 41.3. The Balaban J connectivity index is 2.03. The molecule has 0 aliphatic carbocycles. The van der Waals surface area contributed by atoms with Crippen molar-refractivity contribution in [1.82, 2.24) is 5.32 Å². The van der Waals surface area contributed by atoms with Gasteiger partial charge in [-0.15, -0.1) is 0 Å². The van der Waals surface area contributed by atoms with E-state index in [1.165, 1.54) is 42.5 Å². The Kier molecular flexibility index (Phi) is 6.94. The van der Waals surface area contributed by atoms with Gasteiger partial charge in [-0.1, -0.05) is 70.5 Å². The number of amides is 1. The van der Waals surface area contributed by atoms with E-state index in [4.69, 9.17) is 0 Å². The van der Waals surface area contributed by atoms with Gasteiger partial charge in [0.15, 0.2) is 11.4 Å². The fourth-order valence-corrected chi connectivity index (χ4v) is 3.83. The van der Waals surface area contributed by atoms with Gasteiger partial charge in [-0.3, -0.25) is 9.59 Å². The van der Waals surface area contributed by atoms with Crippen LogP contribution >= 0.6 is 15.9 Å². The largest absolute Gasteiger partial charge is 0.507 e. The number of aromatic hydroxyl groups is 1. The number of phenolic OH excluding ortho intramolecular Hbond substituents is 1. The number of hydrogen-bond donors (Lipinski definition) is 3. The predicted octanol–water partition coefficient (Wildman–Crippen LogP) is 5.17. The first-order chi connectivity index (χ1) is 15.4. The van der Waals surface area contributed by atoms with E-state index in [-0.39, 0.29) is 26.9 Å². The van der Waals surface area contributed by atoms with Crippen LogP contribution in [0.1, 0.15) is 44.8 Å². The number of phenols is 1. The number of benzene rings is 3. The third kappa shape index (κ3) is 5.09. The summed E-state index contributed by atoms with van der Waals surface area (Å²) in [6.07, 6.45) is -5.11. The van der Waals surface area contributed by atoms with Gasteiger partial charge in [0.05, 0.1) is 11.6 Å². The molecule has 172 valence electrons. The fraction of sp³-hybridized carbons (Fsp3) is 0.167. The van der Waals surface area contributed by atoms with Crippen LogP contribution < -0.4 is 5.32 Å². The number of carbonyl (C=O) groups excluding carboxylic acids is 2. The minimum Gasteiger partial charge on any atom is -0.507 e. The summed E-state index contributed by atoms with van der Waals surface area (Å²) in [6, 6.07) is 15.6. The Morgan fingerprint density at radius 1 is 0.939 bits per heavy atom. The summed E-state index contributed by atoms with van der Waals surface area (Å²) >= 11 is 3.18. The van der Waals surface area contributed by atoms with Crippen LogP contribution in [0.2, 0.25) is 0 Å². The zero-order valence-corrected chi connectivity index (χ0v) is 18.8. The first kappa shape index (κ1) is 24.5. The SMILES string of the molecule is CC(O)(C(NC(=O)c1ccccc1O)c1ccc(C(=O)c2ccccc2)cc1Br)C(F)(F)F. The van der Waals surface area contributed by atoms with E-state index in [1.807, 2.05) is 0 Å². The minimum absolute atomic E-state index is 0.0800. The van der Waals surface area contributed by atoms with Crippen molar-refractivity contribution < 1.29 is 33.0 Å². The summed E-state index contributed by atoms with van der Waals surface area (Å²) in [6.45, 7) is 0.540. The highest BCUT2D eigenvalue weighted by atomic mass is 79.9. The Labute approximate surface area is 196 Å². The van der Waals surface area contributed by atoms with Gasteiger partial charge in [0.1, 0.15) is 5.75 Å². The fourth-order valence-electron chi connectivity index (χ4n) is 3.22. The molecule has 0 spiro atoms. The molecule has 3 aromatic carbocycles. The number of nitrogens with one attached hydrogen (secondary N) is 1. The van der Waals surface area contributed by atoms with Gasteiger partial charge >= 0.3 is 6.18 Å². The van der Waals surface area contributed by atoms with Crippen LogP contribution in [-0.2, 0) is 0 Å². The van der Waals surface area contributed by atoms with E-state index >= 15 is 0 Å². The van der Waals surface area contributed by atoms with Gasteiger partial charge in [0.25, 0.3) is 5.91 Å². The van der Waals surface area contributed by atoms with Gasteiger partial charge in [0, 0.05) is 15.6 Å². The highest BCUT2D eigenvalue weighted by Gasteiger charge is 2.56. The first-order valence-corrected chi connectivity index (χ1v) is 10.5. The summed E-state index contributed by atoms with van der Waals surface area (Å²) in [7, 11) is 0. The highest BCUT2D eigenvalue weighted by molar-refractivity contribution is 9.10. The van der Waals surface area contributed by atoms with Crippen molar-refractivity contribution in [2.45, 2.75) is 24.7 Å². The second-order valence-electron chi connectivity index (χ2n) is 7.50. The van der Waals surface area contributed by atoms with Crippen molar-refractivity contribution in [3.8, 4) is 5.75 Å². The number of halogens is 4. The van der Waals surface area contributed by atoms with Crippen LogP contribution in [0.15, 0.2) is 77.3 Å². The number of aliphatic hydroxyl groups is 1. The quantitative estimate of drug-likeness (QED) is 0.390. The summed E-state index contributed by atoms with van der Waals surface area (Å²) in [5.74, 6) is -1.79. The summed E-state index contributed by atoms with van der Waals surface area (Å²) in [5.41, 5.74) is -3.14. The molecule has 3 N–H and O–H groups in total. The minimum atomic E-state index is -5.11.